The highest BCUT2D eigenvalue weighted by atomic mass is 16.6. The highest BCUT2D eigenvalue weighted by Gasteiger charge is 2.16. The normalized spacial score (nSPS) is 10.9. The second kappa shape index (κ2) is 5.29. The molecule has 3 rings (SSSR count). The summed E-state index contributed by atoms with van der Waals surface area (Å²) >= 11 is 0. The Labute approximate surface area is 120 Å². The van der Waals surface area contributed by atoms with Crippen molar-refractivity contribution < 1.29 is 4.92 Å². The molecule has 0 aliphatic rings. The second-order valence-corrected chi connectivity index (χ2v) is 4.53. The zero-order valence-electron chi connectivity index (χ0n) is 11.1. The van der Waals surface area contributed by atoms with E-state index in [2.05, 4.69) is 9.97 Å². The summed E-state index contributed by atoms with van der Waals surface area (Å²) < 4.78 is 1.90. The Morgan fingerprint density at radius 1 is 1.24 bits per heavy atom. The van der Waals surface area contributed by atoms with E-state index in [-0.39, 0.29) is 5.69 Å². The fourth-order valence-corrected chi connectivity index (χ4v) is 2.40. The molecule has 0 radical (unpaired) electrons. The molecular weight excluding hydrogens is 270 g/mol. The maximum atomic E-state index is 11.1. The quantitative estimate of drug-likeness (QED) is 0.581. The van der Waals surface area contributed by atoms with E-state index < -0.39 is 4.92 Å². The molecule has 0 fully saturated rings. The van der Waals surface area contributed by atoms with Gasteiger partial charge in [-0.3, -0.25) is 15.1 Å². The van der Waals surface area contributed by atoms with Gasteiger partial charge in [0.1, 0.15) is 5.82 Å². The standard InChI is InChI=1S/C14H13N5O2/c15-5-3-14-17-7-8-18(14)12-1-2-13(19(20)21)11-9-16-6-4-10(11)12/h1-2,4,6-9H,3,5,15H2. The summed E-state index contributed by atoms with van der Waals surface area (Å²) in [5.74, 6) is 0.824. The second-order valence-electron chi connectivity index (χ2n) is 4.53. The van der Waals surface area contributed by atoms with E-state index in [4.69, 9.17) is 5.73 Å². The number of fused-ring (bicyclic) bond motifs is 1. The van der Waals surface area contributed by atoms with Crippen LogP contribution in [0.3, 0.4) is 0 Å². The molecule has 21 heavy (non-hydrogen) atoms. The number of aromatic nitrogens is 3. The summed E-state index contributed by atoms with van der Waals surface area (Å²) in [6, 6.07) is 4.98. The topological polar surface area (TPSA) is 99.9 Å². The van der Waals surface area contributed by atoms with Crippen molar-refractivity contribution >= 4 is 16.5 Å². The molecule has 0 saturated heterocycles. The summed E-state index contributed by atoms with van der Waals surface area (Å²) in [7, 11) is 0. The number of imidazole rings is 1. The summed E-state index contributed by atoms with van der Waals surface area (Å²) in [5, 5.41) is 12.4. The van der Waals surface area contributed by atoms with Gasteiger partial charge in [-0.1, -0.05) is 0 Å². The van der Waals surface area contributed by atoms with E-state index in [1.807, 2.05) is 10.8 Å². The molecule has 0 spiro atoms. The van der Waals surface area contributed by atoms with Crippen LogP contribution in [0.2, 0.25) is 0 Å². The van der Waals surface area contributed by atoms with E-state index in [0.717, 1.165) is 16.9 Å². The molecule has 0 bridgehead atoms. The summed E-state index contributed by atoms with van der Waals surface area (Å²) in [4.78, 5) is 19.0. The monoisotopic (exact) mass is 283 g/mol. The number of nitrogens with two attached hydrogens (primary N) is 1. The Bertz CT molecular complexity index is 812. The average Bonchev–Trinajstić information content (AvgIpc) is 2.94. The number of hydrogen-bond acceptors (Lipinski definition) is 5. The van der Waals surface area contributed by atoms with Crippen molar-refractivity contribution in [1.29, 1.82) is 0 Å². The first-order chi connectivity index (χ1) is 10.2. The third kappa shape index (κ3) is 2.23. The lowest BCUT2D eigenvalue weighted by molar-refractivity contribution is -0.383. The van der Waals surface area contributed by atoms with Crippen molar-refractivity contribution in [1.82, 2.24) is 14.5 Å². The van der Waals surface area contributed by atoms with Crippen LogP contribution >= 0.6 is 0 Å². The molecule has 7 heteroatoms. The Morgan fingerprint density at radius 3 is 2.86 bits per heavy atom. The molecule has 7 nitrogen and oxygen atoms in total. The first-order valence-electron chi connectivity index (χ1n) is 6.46. The number of nitro groups is 1. The van der Waals surface area contributed by atoms with Gasteiger partial charge in [0, 0.05) is 42.7 Å². The van der Waals surface area contributed by atoms with Gasteiger partial charge in [0.15, 0.2) is 0 Å². The zero-order valence-corrected chi connectivity index (χ0v) is 11.1. The van der Waals surface area contributed by atoms with Crippen LogP contribution in [0, 0.1) is 10.1 Å². The Kier molecular flexibility index (Phi) is 3.33. The largest absolute Gasteiger partial charge is 0.330 e. The number of rotatable bonds is 4. The minimum atomic E-state index is -0.400. The number of benzene rings is 1. The molecule has 2 N–H and O–H groups in total. The van der Waals surface area contributed by atoms with Gasteiger partial charge in [-0.2, -0.15) is 0 Å². The molecule has 0 aliphatic heterocycles. The van der Waals surface area contributed by atoms with Gasteiger partial charge in [-0.25, -0.2) is 4.98 Å². The van der Waals surface area contributed by atoms with Crippen molar-refractivity contribution in [3.63, 3.8) is 0 Å². The van der Waals surface area contributed by atoms with Crippen molar-refractivity contribution in [3.05, 3.63) is 58.9 Å². The van der Waals surface area contributed by atoms with Crippen LogP contribution in [0.25, 0.3) is 16.5 Å². The van der Waals surface area contributed by atoms with Gasteiger partial charge < -0.3 is 10.3 Å². The van der Waals surface area contributed by atoms with E-state index >= 15 is 0 Å². The van der Waals surface area contributed by atoms with Crippen molar-refractivity contribution in [2.45, 2.75) is 6.42 Å². The van der Waals surface area contributed by atoms with Crippen LogP contribution in [-0.2, 0) is 6.42 Å². The van der Waals surface area contributed by atoms with Crippen LogP contribution in [-0.4, -0.2) is 26.0 Å². The Hall–Kier alpha value is -2.80. The summed E-state index contributed by atoms with van der Waals surface area (Å²) in [5.41, 5.74) is 6.47. The molecule has 0 atom stereocenters. The molecule has 0 saturated carbocycles. The highest BCUT2D eigenvalue weighted by Crippen LogP contribution is 2.30. The van der Waals surface area contributed by atoms with Crippen molar-refractivity contribution in [3.8, 4) is 5.69 Å². The van der Waals surface area contributed by atoms with Gasteiger partial charge >= 0.3 is 0 Å². The summed E-state index contributed by atoms with van der Waals surface area (Å²) in [6.45, 7) is 0.490. The summed E-state index contributed by atoms with van der Waals surface area (Å²) in [6.07, 6.45) is 7.29. The molecule has 1 aromatic carbocycles. The third-order valence-corrected chi connectivity index (χ3v) is 3.31. The molecule has 0 aliphatic carbocycles. The minimum absolute atomic E-state index is 0.0438. The van der Waals surface area contributed by atoms with Crippen LogP contribution < -0.4 is 5.73 Å². The molecule has 2 heterocycles. The highest BCUT2D eigenvalue weighted by molar-refractivity contribution is 5.96. The minimum Gasteiger partial charge on any atom is -0.330 e. The van der Waals surface area contributed by atoms with Gasteiger partial charge in [0.2, 0.25) is 0 Å². The molecule has 2 aromatic heterocycles. The van der Waals surface area contributed by atoms with Crippen LogP contribution in [0.1, 0.15) is 5.82 Å². The number of non-ortho nitro benzene ring substituents is 1. The Balaban J connectivity index is 2.27. The first kappa shape index (κ1) is 13.2. The van der Waals surface area contributed by atoms with Crippen LogP contribution in [0.5, 0.6) is 0 Å². The lowest BCUT2D eigenvalue weighted by Gasteiger charge is -2.10. The third-order valence-electron chi connectivity index (χ3n) is 3.31. The van der Waals surface area contributed by atoms with Gasteiger partial charge in [-0.05, 0) is 18.7 Å². The predicted octanol–water partition coefficient (Wildman–Crippen LogP) is 1.83. The molecule has 3 aromatic rings. The fraction of sp³-hybridized carbons (Fsp3) is 0.143. The van der Waals surface area contributed by atoms with E-state index in [9.17, 15) is 10.1 Å². The SMILES string of the molecule is NCCc1nccn1-c1ccc([N+](=O)[O-])c2cnccc12. The van der Waals surface area contributed by atoms with Crippen LogP contribution in [0.4, 0.5) is 5.69 Å². The number of hydrogen-bond donors (Lipinski definition) is 1. The fourth-order valence-electron chi connectivity index (χ4n) is 2.40. The zero-order chi connectivity index (χ0) is 14.8. The van der Waals surface area contributed by atoms with Gasteiger partial charge in [0.05, 0.1) is 16.0 Å². The molecule has 0 amide bonds. The molecule has 106 valence electrons. The lowest BCUT2D eigenvalue weighted by Crippen LogP contribution is -2.09. The number of nitrogens with zero attached hydrogens (tertiary/aromatic N) is 4. The average molecular weight is 283 g/mol. The first-order valence-corrected chi connectivity index (χ1v) is 6.46. The predicted molar refractivity (Wildman–Crippen MR) is 78.3 cm³/mol. The van der Waals surface area contributed by atoms with Gasteiger partial charge in [-0.15, -0.1) is 0 Å². The number of nitro benzene ring substituents is 1. The van der Waals surface area contributed by atoms with Crippen molar-refractivity contribution in [2.75, 3.05) is 6.54 Å². The number of pyridine rings is 1. The van der Waals surface area contributed by atoms with E-state index in [1.54, 1.807) is 24.5 Å². The Morgan fingerprint density at radius 2 is 2.10 bits per heavy atom. The van der Waals surface area contributed by atoms with Crippen LogP contribution in [0.15, 0.2) is 43.0 Å². The maximum Gasteiger partial charge on any atom is 0.278 e. The molecule has 0 unspecified atom stereocenters. The van der Waals surface area contributed by atoms with Gasteiger partial charge in [0.25, 0.3) is 5.69 Å². The molecular formula is C14H13N5O2. The maximum absolute atomic E-state index is 11.1. The van der Waals surface area contributed by atoms with E-state index in [1.165, 1.54) is 12.3 Å². The lowest BCUT2D eigenvalue weighted by atomic mass is 10.1. The smallest absolute Gasteiger partial charge is 0.278 e. The van der Waals surface area contributed by atoms with Crippen molar-refractivity contribution in [2.24, 2.45) is 5.73 Å². The van der Waals surface area contributed by atoms with E-state index in [0.29, 0.717) is 18.4 Å².